The van der Waals surface area contributed by atoms with Crippen molar-refractivity contribution < 1.29 is 9.59 Å². The van der Waals surface area contributed by atoms with Gasteiger partial charge in [-0.15, -0.1) is 11.3 Å². The standard InChI is InChI=1S/C18H21N3O2S/c1-18(2,20-16(22)15-9-6-12-24-15)17(23)21-11-5-8-14(21)13-7-3-4-10-19-13/h3-4,6-7,9-10,12,14H,5,8,11H2,1-2H3,(H,20,22)/t14-/m0/s1. The molecule has 0 aliphatic carbocycles. The Bertz CT molecular complexity index is 713. The molecule has 1 saturated heterocycles. The van der Waals surface area contributed by atoms with Gasteiger partial charge in [0.15, 0.2) is 0 Å². The van der Waals surface area contributed by atoms with Crippen LogP contribution in [0.2, 0.25) is 0 Å². The molecule has 126 valence electrons. The van der Waals surface area contributed by atoms with Gasteiger partial charge in [0, 0.05) is 12.7 Å². The normalized spacial score (nSPS) is 17.8. The SMILES string of the molecule is CC(C)(NC(=O)c1cccs1)C(=O)N1CCC[C@H]1c1ccccn1. The lowest BCUT2D eigenvalue weighted by atomic mass is 10.0. The van der Waals surface area contributed by atoms with Gasteiger partial charge in [-0.2, -0.15) is 0 Å². The van der Waals surface area contributed by atoms with Crippen LogP contribution in [0.1, 0.15) is 48.1 Å². The minimum atomic E-state index is -0.960. The van der Waals surface area contributed by atoms with Crippen molar-refractivity contribution in [2.75, 3.05) is 6.54 Å². The minimum Gasteiger partial charge on any atom is -0.337 e. The molecule has 6 heteroatoms. The number of carbonyl (C=O) groups excluding carboxylic acids is 2. The highest BCUT2D eigenvalue weighted by atomic mass is 32.1. The lowest BCUT2D eigenvalue weighted by Crippen LogP contribution is -2.55. The second kappa shape index (κ2) is 6.73. The van der Waals surface area contributed by atoms with Gasteiger partial charge in [-0.25, -0.2) is 0 Å². The van der Waals surface area contributed by atoms with E-state index in [-0.39, 0.29) is 17.9 Å². The summed E-state index contributed by atoms with van der Waals surface area (Å²) in [5.41, 5.74) is -0.0536. The van der Waals surface area contributed by atoms with E-state index >= 15 is 0 Å². The first-order valence-corrected chi connectivity index (χ1v) is 8.95. The molecule has 0 bridgehead atoms. The van der Waals surface area contributed by atoms with Crippen LogP contribution >= 0.6 is 11.3 Å². The summed E-state index contributed by atoms with van der Waals surface area (Å²) >= 11 is 1.37. The Morgan fingerprint density at radius 3 is 2.79 bits per heavy atom. The van der Waals surface area contributed by atoms with E-state index in [1.807, 2.05) is 34.5 Å². The van der Waals surface area contributed by atoms with Crippen LogP contribution in [0.25, 0.3) is 0 Å². The Kier molecular flexibility index (Phi) is 4.66. The summed E-state index contributed by atoms with van der Waals surface area (Å²) in [6, 6.07) is 9.33. The van der Waals surface area contributed by atoms with Crippen molar-refractivity contribution in [3.05, 3.63) is 52.5 Å². The van der Waals surface area contributed by atoms with E-state index in [9.17, 15) is 9.59 Å². The van der Waals surface area contributed by atoms with E-state index in [1.165, 1.54) is 11.3 Å². The molecule has 0 unspecified atom stereocenters. The van der Waals surface area contributed by atoms with Crippen LogP contribution in [0.3, 0.4) is 0 Å². The highest BCUT2D eigenvalue weighted by Crippen LogP contribution is 2.32. The summed E-state index contributed by atoms with van der Waals surface area (Å²) in [5.74, 6) is -0.280. The van der Waals surface area contributed by atoms with Crippen molar-refractivity contribution >= 4 is 23.2 Å². The van der Waals surface area contributed by atoms with Gasteiger partial charge in [-0.1, -0.05) is 12.1 Å². The second-order valence-electron chi connectivity index (χ2n) is 6.47. The molecular weight excluding hydrogens is 322 g/mol. The molecule has 5 nitrogen and oxygen atoms in total. The fourth-order valence-electron chi connectivity index (χ4n) is 3.06. The van der Waals surface area contributed by atoms with Gasteiger partial charge in [0.25, 0.3) is 5.91 Å². The molecule has 2 aromatic heterocycles. The van der Waals surface area contributed by atoms with Gasteiger partial charge in [-0.05, 0) is 50.3 Å². The van der Waals surface area contributed by atoms with Crippen molar-refractivity contribution in [2.45, 2.75) is 38.3 Å². The van der Waals surface area contributed by atoms with Crippen molar-refractivity contribution in [1.82, 2.24) is 15.2 Å². The number of nitrogens with one attached hydrogen (secondary N) is 1. The van der Waals surface area contributed by atoms with Gasteiger partial charge in [0.1, 0.15) is 5.54 Å². The van der Waals surface area contributed by atoms with E-state index in [0.29, 0.717) is 11.4 Å². The van der Waals surface area contributed by atoms with Crippen LogP contribution < -0.4 is 5.32 Å². The highest BCUT2D eigenvalue weighted by Gasteiger charge is 2.39. The molecule has 0 saturated carbocycles. The Balaban J connectivity index is 1.75. The monoisotopic (exact) mass is 343 g/mol. The topological polar surface area (TPSA) is 62.3 Å². The summed E-state index contributed by atoms with van der Waals surface area (Å²) in [6.45, 7) is 4.21. The van der Waals surface area contributed by atoms with E-state index in [1.54, 1.807) is 26.1 Å². The zero-order valence-corrected chi connectivity index (χ0v) is 14.7. The number of likely N-dealkylation sites (tertiary alicyclic amines) is 1. The molecule has 1 atom stereocenters. The van der Waals surface area contributed by atoms with E-state index in [4.69, 9.17) is 0 Å². The largest absolute Gasteiger partial charge is 0.337 e. The summed E-state index contributed by atoms with van der Waals surface area (Å²) in [4.78, 5) is 32.2. The maximum atomic E-state index is 13.0. The maximum absolute atomic E-state index is 13.0. The summed E-state index contributed by atoms with van der Waals surface area (Å²) in [7, 11) is 0. The van der Waals surface area contributed by atoms with Crippen LogP contribution in [-0.2, 0) is 4.79 Å². The molecule has 3 heterocycles. The molecule has 2 aromatic rings. The van der Waals surface area contributed by atoms with Crippen molar-refractivity contribution in [2.24, 2.45) is 0 Å². The zero-order valence-electron chi connectivity index (χ0n) is 13.9. The van der Waals surface area contributed by atoms with Crippen molar-refractivity contribution in [1.29, 1.82) is 0 Å². The number of amides is 2. The average molecular weight is 343 g/mol. The number of carbonyl (C=O) groups is 2. The first-order chi connectivity index (χ1) is 11.5. The summed E-state index contributed by atoms with van der Waals surface area (Å²) < 4.78 is 0. The third-order valence-corrected chi connectivity index (χ3v) is 5.12. The first-order valence-electron chi connectivity index (χ1n) is 8.07. The molecule has 0 spiro atoms. The molecule has 1 aliphatic heterocycles. The van der Waals surface area contributed by atoms with Crippen LogP contribution in [0.15, 0.2) is 41.9 Å². The van der Waals surface area contributed by atoms with Crippen LogP contribution in [0, 0.1) is 0 Å². The Hall–Kier alpha value is -2.21. The lowest BCUT2D eigenvalue weighted by Gasteiger charge is -2.33. The van der Waals surface area contributed by atoms with Crippen LogP contribution in [0.4, 0.5) is 0 Å². The Morgan fingerprint density at radius 2 is 2.12 bits per heavy atom. The minimum absolute atomic E-state index is 0.0170. The van der Waals surface area contributed by atoms with Gasteiger partial charge < -0.3 is 10.2 Å². The molecule has 0 aromatic carbocycles. The summed E-state index contributed by atoms with van der Waals surface area (Å²) in [6.07, 6.45) is 3.60. The molecule has 24 heavy (non-hydrogen) atoms. The fraction of sp³-hybridized carbons (Fsp3) is 0.389. The third kappa shape index (κ3) is 3.33. The average Bonchev–Trinajstić information content (AvgIpc) is 3.26. The summed E-state index contributed by atoms with van der Waals surface area (Å²) in [5, 5.41) is 4.72. The molecule has 2 amide bonds. The zero-order chi connectivity index (χ0) is 17.2. The smallest absolute Gasteiger partial charge is 0.262 e. The number of rotatable bonds is 4. The first kappa shape index (κ1) is 16.6. The number of pyridine rings is 1. The predicted molar refractivity (Wildman–Crippen MR) is 93.8 cm³/mol. The number of nitrogens with zero attached hydrogens (tertiary/aromatic N) is 2. The van der Waals surface area contributed by atoms with Crippen LogP contribution in [0.5, 0.6) is 0 Å². The van der Waals surface area contributed by atoms with E-state index < -0.39 is 5.54 Å². The maximum Gasteiger partial charge on any atom is 0.262 e. The molecule has 1 fully saturated rings. The van der Waals surface area contributed by atoms with Gasteiger partial charge in [0.05, 0.1) is 16.6 Å². The quantitative estimate of drug-likeness (QED) is 0.928. The predicted octanol–water partition coefficient (Wildman–Crippen LogP) is 3.02. The highest BCUT2D eigenvalue weighted by molar-refractivity contribution is 7.12. The number of hydrogen-bond acceptors (Lipinski definition) is 4. The lowest BCUT2D eigenvalue weighted by molar-refractivity contribution is -0.137. The molecule has 0 radical (unpaired) electrons. The number of hydrogen-bond donors (Lipinski definition) is 1. The van der Waals surface area contributed by atoms with Crippen molar-refractivity contribution in [3.63, 3.8) is 0 Å². The molecule has 1 aliphatic rings. The van der Waals surface area contributed by atoms with Gasteiger partial charge >= 0.3 is 0 Å². The Morgan fingerprint density at radius 1 is 1.29 bits per heavy atom. The molecule has 3 rings (SSSR count). The van der Waals surface area contributed by atoms with E-state index in [2.05, 4.69) is 10.3 Å². The van der Waals surface area contributed by atoms with Crippen LogP contribution in [-0.4, -0.2) is 33.8 Å². The Labute approximate surface area is 145 Å². The number of aromatic nitrogens is 1. The molecular formula is C18H21N3O2S. The number of thiophene rings is 1. The fourth-order valence-corrected chi connectivity index (χ4v) is 3.67. The van der Waals surface area contributed by atoms with E-state index in [0.717, 1.165) is 18.5 Å². The van der Waals surface area contributed by atoms with Gasteiger partial charge in [0.2, 0.25) is 5.91 Å². The second-order valence-corrected chi connectivity index (χ2v) is 7.42. The van der Waals surface area contributed by atoms with Crippen molar-refractivity contribution in [3.8, 4) is 0 Å². The molecule has 1 N–H and O–H groups in total. The van der Waals surface area contributed by atoms with Gasteiger partial charge in [-0.3, -0.25) is 14.6 Å². The third-order valence-electron chi connectivity index (χ3n) is 4.25.